The largest absolute Gasteiger partial charge is 0.454 e. The van der Waals surface area contributed by atoms with E-state index < -0.39 is 0 Å². The quantitative estimate of drug-likeness (QED) is 0.545. The third-order valence-corrected chi connectivity index (χ3v) is 3.67. The van der Waals surface area contributed by atoms with Gasteiger partial charge in [0.05, 0.1) is 11.0 Å². The summed E-state index contributed by atoms with van der Waals surface area (Å²) in [4.78, 5) is 9.12. The first-order valence-corrected chi connectivity index (χ1v) is 7.35. The molecule has 0 unspecified atom stereocenters. The average Bonchev–Trinajstić information content (AvgIpc) is 3.17. The zero-order valence-electron chi connectivity index (χ0n) is 12.5. The fraction of sp³-hybridized carbons (Fsp3) is 0.111. The van der Waals surface area contributed by atoms with E-state index >= 15 is 0 Å². The molecule has 5 nitrogen and oxygen atoms in total. The van der Waals surface area contributed by atoms with Crippen LogP contribution in [0.4, 0.5) is 5.95 Å². The van der Waals surface area contributed by atoms with Crippen LogP contribution in [0.5, 0.6) is 11.5 Å². The van der Waals surface area contributed by atoms with E-state index in [-0.39, 0.29) is 6.79 Å². The van der Waals surface area contributed by atoms with Gasteiger partial charge in [-0.2, -0.15) is 0 Å². The minimum atomic E-state index is 0.269. The van der Waals surface area contributed by atoms with Crippen molar-refractivity contribution in [3.8, 4) is 11.5 Å². The molecule has 0 saturated carbocycles. The monoisotopic (exact) mass is 305 g/mol. The molecule has 114 valence electrons. The topological polar surface area (TPSA) is 48.6 Å². The van der Waals surface area contributed by atoms with Crippen LogP contribution in [0.3, 0.4) is 0 Å². The Morgan fingerprint density at radius 2 is 2.04 bits per heavy atom. The zero-order valence-corrected chi connectivity index (χ0v) is 12.5. The Morgan fingerprint density at radius 1 is 1.17 bits per heavy atom. The second kappa shape index (κ2) is 5.61. The highest BCUT2D eigenvalue weighted by Gasteiger charge is 2.13. The van der Waals surface area contributed by atoms with Gasteiger partial charge in [0, 0.05) is 12.8 Å². The Kier molecular flexibility index (Phi) is 3.31. The summed E-state index contributed by atoms with van der Waals surface area (Å²) >= 11 is 0. The Morgan fingerprint density at radius 3 is 2.96 bits per heavy atom. The van der Waals surface area contributed by atoms with Crippen LogP contribution >= 0.6 is 0 Å². The Balaban J connectivity index is 1.71. The molecule has 1 aromatic heterocycles. The van der Waals surface area contributed by atoms with Crippen molar-refractivity contribution in [2.24, 2.45) is 4.99 Å². The summed E-state index contributed by atoms with van der Waals surface area (Å²) in [7, 11) is 0. The number of allylic oxidation sites excluding steroid dienone is 1. The molecule has 0 saturated heterocycles. The predicted octanol–water partition coefficient (Wildman–Crippen LogP) is 3.70. The number of imidazole rings is 1. The van der Waals surface area contributed by atoms with Gasteiger partial charge in [-0.05, 0) is 35.9 Å². The van der Waals surface area contributed by atoms with Gasteiger partial charge in [0.2, 0.25) is 12.7 Å². The van der Waals surface area contributed by atoms with E-state index in [4.69, 9.17) is 9.47 Å². The first kappa shape index (κ1) is 13.6. The summed E-state index contributed by atoms with van der Waals surface area (Å²) in [6, 6.07) is 13.7. The van der Waals surface area contributed by atoms with E-state index in [1.54, 1.807) is 6.21 Å². The number of rotatable bonds is 4. The van der Waals surface area contributed by atoms with Crippen LogP contribution in [0.15, 0.2) is 60.1 Å². The number of aromatic nitrogens is 2. The SMILES string of the molecule is C=CCn1c(N=Cc2ccc3c(c2)OCO3)nc2ccccc21. The van der Waals surface area contributed by atoms with Crippen LogP contribution in [0.25, 0.3) is 11.0 Å². The molecular formula is C18H15N3O2. The van der Waals surface area contributed by atoms with Crippen molar-refractivity contribution in [3.63, 3.8) is 0 Å². The van der Waals surface area contributed by atoms with E-state index in [0.29, 0.717) is 12.5 Å². The molecule has 0 radical (unpaired) electrons. The number of hydrogen-bond acceptors (Lipinski definition) is 4. The van der Waals surface area contributed by atoms with Gasteiger partial charge in [-0.1, -0.05) is 18.2 Å². The Hall–Kier alpha value is -3.08. The predicted molar refractivity (Wildman–Crippen MR) is 89.7 cm³/mol. The van der Waals surface area contributed by atoms with E-state index in [0.717, 1.165) is 28.1 Å². The van der Waals surface area contributed by atoms with Gasteiger partial charge < -0.3 is 14.0 Å². The third-order valence-electron chi connectivity index (χ3n) is 3.67. The molecule has 1 aliphatic rings. The summed E-state index contributed by atoms with van der Waals surface area (Å²) < 4.78 is 12.7. The molecule has 0 N–H and O–H groups in total. The van der Waals surface area contributed by atoms with Crippen LogP contribution < -0.4 is 9.47 Å². The molecule has 0 amide bonds. The van der Waals surface area contributed by atoms with Crippen molar-refractivity contribution in [1.29, 1.82) is 0 Å². The van der Waals surface area contributed by atoms with Gasteiger partial charge >= 0.3 is 0 Å². The molecule has 2 heterocycles. The molecule has 23 heavy (non-hydrogen) atoms. The number of fused-ring (bicyclic) bond motifs is 2. The lowest BCUT2D eigenvalue weighted by molar-refractivity contribution is 0.174. The molecule has 4 rings (SSSR count). The van der Waals surface area contributed by atoms with Crippen molar-refractivity contribution in [2.45, 2.75) is 6.54 Å². The van der Waals surface area contributed by atoms with E-state index in [9.17, 15) is 0 Å². The highest BCUT2D eigenvalue weighted by Crippen LogP contribution is 2.32. The second-order valence-corrected chi connectivity index (χ2v) is 5.17. The van der Waals surface area contributed by atoms with Gasteiger partial charge in [0.1, 0.15) is 0 Å². The first-order valence-electron chi connectivity index (χ1n) is 7.35. The summed E-state index contributed by atoms with van der Waals surface area (Å²) in [5.74, 6) is 2.17. The van der Waals surface area contributed by atoms with Crippen molar-refractivity contribution in [2.75, 3.05) is 6.79 Å². The number of hydrogen-bond donors (Lipinski definition) is 0. The van der Waals surface area contributed by atoms with Crippen molar-refractivity contribution < 1.29 is 9.47 Å². The van der Waals surface area contributed by atoms with Gasteiger partial charge in [-0.25, -0.2) is 9.98 Å². The molecule has 5 heteroatoms. The van der Waals surface area contributed by atoms with Gasteiger partial charge in [-0.3, -0.25) is 0 Å². The third kappa shape index (κ3) is 2.46. The smallest absolute Gasteiger partial charge is 0.231 e. The van der Waals surface area contributed by atoms with E-state index in [1.807, 2.05) is 53.1 Å². The number of benzene rings is 2. The number of nitrogens with zero attached hydrogens (tertiary/aromatic N) is 3. The summed E-state index contributed by atoms with van der Waals surface area (Å²) in [5.41, 5.74) is 2.91. The van der Waals surface area contributed by atoms with Gasteiger partial charge in [-0.15, -0.1) is 6.58 Å². The number of aliphatic imine (C=N–C) groups is 1. The summed E-state index contributed by atoms with van der Waals surface area (Å²) in [5, 5.41) is 0. The molecule has 0 aliphatic carbocycles. The fourth-order valence-electron chi connectivity index (χ4n) is 2.60. The summed E-state index contributed by atoms with van der Waals surface area (Å²) in [6.07, 6.45) is 3.62. The lowest BCUT2D eigenvalue weighted by atomic mass is 10.2. The maximum Gasteiger partial charge on any atom is 0.231 e. The van der Waals surface area contributed by atoms with Crippen LogP contribution in [0, 0.1) is 0 Å². The highest BCUT2D eigenvalue weighted by molar-refractivity contribution is 5.84. The lowest BCUT2D eigenvalue weighted by Gasteiger charge is -2.02. The van der Waals surface area contributed by atoms with Crippen LogP contribution in [-0.4, -0.2) is 22.6 Å². The number of para-hydroxylation sites is 2. The van der Waals surface area contributed by atoms with E-state index in [1.165, 1.54) is 0 Å². The lowest BCUT2D eigenvalue weighted by Crippen LogP contribution is -1.94. The molecule has 0 bridgehead atoms. The first-order chi connectivity index (χ1) is 11.3. The normalized spacial score (nSPS) is 13.0. The molecule has 0 spiro atoms. The standard InChI is InChI=1S/C18H15N3O2/c1-2-9-21-15-6-4-3-5-14(15)20-18(21)19-11-13-7-8-16-17(10-13)23-12-22-16/h2-8,10-11H,1,9,12H2. The van der Waals surface area contributed by atoms with Crippen molar-refractivity contribution in [1.82, 2.24) is 9.55 Å². The maximum absolute atomic E-state index is 5.38. The average molecular weight is 305 g/mol. The van der Waals surface area contributed by atoms with Crippen LogP contribution in [0.2, 0.25) is 0 Å². The van der Waals surface area contributed by atoms with Crippen molar-refractivity contribution >= 4 is 23.2 Å². The second-order valence-electron chi connectivity index (χ2n) is 5.17. The fourth-order valence-corrected chi connectivity index (χ4v) is 2.60. The molecule has 1 aliphatic heterocycles. The van der Waals surface area contributed by atoms with Gasteiger partial charge in [0.15, 0.2) is 11.5 Å². The van der Waals surface area contributed by atoms with E-state index in [2.05, 4.69) is 16.6 Å². The molecule has 0 fully saturated rings. The molecular weight excluding hydrogens is 290 g/mol. The Labute approximate surface area is 133 Å². The minimum Gasteiger partial charge on any atom is -0.454 e. The van der Waals surface area contributed by atoms with Crippen LogP contribution in [-0.2, 0) is 6.54 Å². The Bertz CT molecular complexity index is 912. The zero-order chi connectivity index (χ0) is 15.6. The van der Waals surface area contributed by atoms with Crippen LogP contribution in [0.1, 0.15) is 5.56 Å². The van der Waals surface area contributed by atoms with Crippen molar-refractivity contribution in [3.05, 3.63) is 60.7 Å². The number of ether oxygens (including phenoxy) is 2. The molecule has 0 atom stereocenters. The molecule has 3 aromatic rings. The van der Waals surface area contributed by atoms with Gasteiger partial charge in [0.25, 0.3) is 0 Å². The summed E-state index contributed by atoms with van der Waals surface area (Å²) in [6.45, 7) is 4.74. The molecule has 2 aromatic carbocycles. The minimum absolute atomic E-state index is 0.269. The highest BCUT2D eigenvalue weighted by atomic mass is 16.7. The maximum atomic E-state index is 5.38.